The second-order valence-electron chi connectivity index (χ2n) is 4.16. The zero-order valence-corrected chi connectivity index (χ0v) is 10.9. The lowest BCUT2D eigenvalue weighted by molar-refractivity contribution is -0.135. The SMILES string of the molecule is CCCNC(=O)CN(CC(=O)O)c1ccccc1N. The number of carboxylic acid groups (broad SMARTS) is 1. The highest BCUT2D eigenvalue weighted by Crippen LogP contribution is 2.21. The molecular formula is C13H19N3O3. The molecule has 0 saturated carbocycles. The highest BCUT2D eigenvalue weighted by atomic mass is 16.4. The molecule has 1 aromatic carbocycles. The standard InChI is InChI=1S/C13H19N3O3/c1-2-7-15-12(17)8-16(9-13(18)19)11-6-4-3-5-10(11)14/h3-6H,2,7-9,14H2,1H3,(H,15,17)(H,18,19). The van der Waals surface area contributed by atoms with Crippen LogP contribution in [0.2, 0.25) is 0 Å². The van der Waals surface area contributed by atoms with Crippen LogP contribution in [0.1, 0.15) is 13.3 Å². The van der Waals surface area contributed by atoms with Gasteiger partial charge in [-0.05, 0) is 18.6 Å². The molecule has 0 unspecified atom stereocenters. The van der Waals surface area contributed by atoms with E-state index in [9.17, 15) is 9.59 Å². The van der Waals surface area contributed by atoms with Gasteiger partial charge in [-0.3, -0.25) is 9.59 Å². The summed E-state index contributed by atoms with van der Waals surface area (Å²) in [5.74, 6) is -1.22. The van der Waals surface area contributed by atoms with Crippen molar-refractivity contribution < 1.29 is 14.7 Å². The lowest BCUT2D eigenvalue weighted by atomic mass is 10.2. The maximum Gasteiger partial charge on any atom is 0.323 e. The summed E-state index contributed by atoms with van der Waals surface area (Å²) < 4.78 is 0. The van der Waals surface area contributed by atoms with Gasteiger partial charge in [0, 0.05) is 6.54 Å². The molecule has 0 bridgehead atoms. The number of benzene rings is 1. The molecular weight excluding hydrogens is 246 g/mol. The summed E-state index contributed by atoms with van der Waals surface area (Å²) in [7, 11) is 0. The average molecular weight is 265 g/mol. The molecule has 0 radical (unpaired) electrons. The molecule has 1 amide bonds. The fraction of sp³-hybridized carbons (Fsp3) is 0.385. The number of hydrogen-bond donors (Lipinski definition) is 3. The minimum absolute atomic E-state index is 0.0273. The van der Waals surface area contributed by atoms with E-state index in [1.165, 1.54) is 4.90 Å². The Hall–Kier alpha value is -2.24. The van der Waals surface area contributed by atoms with E-state index in [0.29, 0.717) is 17.9 Å². The van der Waals surface area contributed by atoms with E-state index in [1.807, 2.05) is 6.92 Å². The van der Waals surface area contributed by atoms with Crippen molar-refractivity contribution in [1.82, 2.24) is 5.32 Å². The monoisotopic (exact) mass is 265 g/mol. The number of amides is 1. The van der Waals surface area contributed by atoms with Crippen molar-refractivity contribution in [2.45, 2.75) is 13.3 Å². The van der Waals surface area contributed by atoms with Crippen LogP contribution in [0.15, 0.2) is 24.3 Å². The molecule has 0 fully saturated rings. The summed E-state index contributed by atoms with van der Waals surface area (Å²) in [6.45, 7) is 2.22. The number of aliphatic carboxylic acids is 1. The van der Waals surface area contributed by atoms with Crippen LogP contribution < -0.4 is 16.0 Å². The Labute approximate surface area is 112 Å². The van der Waals surface area contributed by atoms with Crippen molar-refractivity contribution in [2.24, 2.45) is 0 Å². The van der Waals surface area contributed by atoms with Crippen LogP contribution in [-0.2, 0) is 9.59 Å². The lowest BCUT2D eigenvalue weighted by Crippen LogP contribution is -2.40. The normalized spacial score (nSPS) is 9.95. The van der Waals surface area contributed by atoms with E-state index in [2.05, 4.69) is 5.32 Å². The van der Waals surface area contributed by atoms with Gasteiger partial charge in [0.2, 0.25) is 5.91 Å². The van der Waals surface area contributed by atoms with Gasteiger partial charge in [0.05, 0.1) is 17.9 Å². The predicted octanol–water partition coefficient (Wildman–Crippen LogP) is 0.686. The number of nitrogens with two attached hydrogens (primary N) is 1. The topological polar surface area (TPSA) is 95.7 Å². The molecule has 0 spiro atoms. The summed E-state index contributed by atoms with van der Waals surface area (Å²) in [6, 6.07) is 6.89. The van der Waals surface area contributed by atoms with E-state index in [1.54, 1.807) is 24.3 Å². The third-order valence-corrected chi connectivity index (χ3v) is 2.51. The minimum Gasteiger partial charge on any atom is -0.480 e. The Kier molecular flexibility index (Phi) is 5.66. The fourth-order valence-electron chi connectivity index (χ4n) is 1.66. The van der Waals surface area contributed by atoms with Crippen LogP contribution in [0, 0.1) is 0 Å². The Bertz CT molecular complexity index is 449. The molecule has 0 aliphatic heterocycles. The first-order valence-corrected chi connectivity index (χ1v) is 6.12. The number of nitrogens with zero attached hydrogens (tertiary/aromatic N) is 1. The molecule has 19 heavy (non-hydrogen) atoms. The number of rotatable bonds is 7. The van der Waals surface area contributed by atoms with E-state index < -0.39 is 5.97 Å². The summed E-state index contributed by atoms with van der Waals surface area (Å²) in [5, 5.41) is 11.6. The van der Waals surface area contributed by atoms with Crippen LogP contribution in [-0.4, -0.2) is 36.6 Å². The largest absolute Gasteiger partial charge is 0.480 e. The van der Waals surface area contributed by atoms with Crippen molar-refractivity contribution in [3.63, 3.8) is 0 Å². The first-order chi connectivity index (χ1) is 9.04. The van der Waals surface area contributed by atoms with Crippen molar-refractivity contribution in [3.05, 3.63) is 24.3 Å². The van der Waals surface area contributed by atoms with Crippen molar-refractivity contribution >= 4 is 23.3 Å². The number of carbonyl (C=O) groups excluding carboxylic acids is 1. The average Bonchev–Trinajstić information content (AvgIpc) is 2.35. The van der Waals surface area contributed by atoms with Gasteiger partial charge in [0.15, 0.2) is 0 Å². The summed E-state index contributed by atoms with van der Waals surface area (Å²) >= 11 is 0. The van der Waals surface area contributed by atoms with Gasteiger partial charge in [-0.1, -0.05) is 19.1 Å². The number of carbonyl (C=O) groups is 2. The van der Waals surface area contributed by atoms with Gasteiger partial charge < -0.3 is 21.1 Å². The first kappa shape index (κ1) is 14.8. The Morgan fingerprint density at radius 2 is 2.00 bits per heavy atom. The van der Waals surface area contributed by atoms with Gasteiger partial charge in [-0.2, -0.15) is 0 Å². The molecule has 0 aliphatic rings. The smallest absolute Gasteiger partial charge is 0.323 e. The van der Waals surface area contributed by atoms with Crippen LogP contribution in [0.4, 0.5) is 11.4 Å². The van der Waals surface area contributed by atoms with Gasteiger partial charge in [-0.15, -0.1) is 0 Å². The van der Waals surface area contributed by atoms with E-state index in [4.69, 9.17) is 10.8 Å². The molecule has 0 heterocycles. The maximum absolute atomic E-state index is 11.7. The Morgan fingerprint density at radius 3 is 2.58 bits per heavy atom. The summed E-state index contributed by atoms with van der Waals surface area (Å²) in [4.78, 5) is 24.0. The zero-order valence-electron chi connectivity index (χ0n) is 10.9. The molecule has 6 nitrogen and oxygen atoms in total. The molecule has 4 N–H and O–H groups in total. The molecule has 0 atom stereocenters. The minimum atomic E-state index is -1.01. The number of para-hydroxylation sites is 2. The molecule has 0 aliphatic carbocycles. The summed E-state index contributed by atoms with van der Waals surface area (Å²) in [6.07, 6.45) is 0.831. The number of carboxylic acids is 1. The zero-order chi connectivity index (χ0) is 14.3. The maximum atomic E-state index is 11.7. The van der Waals surface area contributed by atoms with Crippen LogP contribution in [0.3, 0.4) is 0 Å². The van der Waals surface area contributed by atoms with Crippen LogP contribution >= 0.6 is 0 Å². The molecule has 0 saturated heterocycles. The second kappa shape index (κ2) is 7.25. The molecule has 0 aromatic heterocycles. The van der Waals surface area contributed by atoms with E-state index in [-0.39, 0.29) is 19.0 Å². The predicted molar refractivity (Wildman–Crippen MR) is 74.0 cm³/mol. The van der Waals surface area contributed by atoms with E-state index in [0.717, 1.165) is 6.42 Å². The quantitative estimate of drug-likeness (QED) is 0.630. The highest BCUT2D eigenvalue weighted by Gasteiger charge is 2.16. The lowest BCUT2D eigenvalue weighted by Gasteiger charge is -2.23. The van der Waals surface area contributed by atoms with Crippen LogP contribution in [0.25, 0.3) is 0 Å². The van der Waals surface area contributed by atoms with Crippen molar-refractivity contribution in [1.29, 1.82) is 0 Å². The molecule has 1 aromatic rings. The number of nitrogens with one attached hydrogen (secondary N) is 1. The Balaban J connectivity index is 2.80. The van der Waals surface area contributed by atoms with Gasteiger partial charge in [-0.25, -0.2) is 0 Å². The number of hydrogen-bond acceptors (Lipinski definition) is 4. The van der Waals surface area contributed by atoms with E-state index >= 15 is 0 Å². The highest BCUT2D eigenvalue weighted by molar-refractivity contribution is 5.86. The first-order valence-electron chi connectivity index (χ1n) is 6.12. The summed E-state index contributed by atoms with van der Waals surface area (Å²) in [5.41, 5.74) is 6.81. The van der Waals surface area contributed by atoms with Gasteiger partial charge >= 0.3 is 5.97 Å². The number of nitrogen functional groups attached to an aromatic ring is 1. The fourth-order valence-corrected chi connectivity index (χ4v) is 1.66. The molecule has 1 rings (SSSR count). The van der Waals surface area contributed by atoms with Crippen molar-refractivity contribution in [3.8, 4) is 0 Å². The number of anilines is 2. The Morgan fingerprint density at radius 1 is 1.32 bits per heavy atom. The molecule has 104 valence electrons. The van der Waals surface area contributed by atoms with Gasteiger partial charge in [0.25, 0.3) is 0 Å². The third-order valence-electron chi connectivity index (χ3n) is 2.51. The van der Waals surface area contributed by atoms with Crippen molar-refractivity contribution in [2.75, 3.05) is 30.3 Å². The second-order valence-corrected chi connectivity index (χ2v) is 4.16. The molecule has 6 heteroatoms. The van der Waals surface area contributed by atoms with Gasteiger partial charge in [0.1, 0.15) is 6.54 Å². The third kappa shape index (κ3) is 4.87. The van der Waals surface area contributed by atoms with Crippen LogP contribution in [0.5, 0.6) is 0 Å².